The smallest absolute Gasteiger partial charge is 0.270 e. The molecule has 0 bridgehead atoms. The zero-order valence-electron chi connectivity index (χ0n) is 15.5. The first-order chi connectivity index (χ1) is 13.1. The van der Waals surface area contributed by atoms with Gasteiger partial charge >= 0.3 is 0 Å². The van der Waals surface area contributed by atoms with E-state index in [0.29, 0.717) is 18.7 Å². The van der Waals surface area contributed by atoms with Crippen LogP contribution in [0.5, 0.6) is 0 Å². The molecule has 0 radical (unpaired) electrons. The highest BCUT2D eigenvalue weighted by atomic mass is 16.2. The molecule has 2 unspecified atom stereocenters. The molecule has 2 fully saturated rings. The second kappa shape index (κ2) is 7.10. The lowest BCUT2D eigenvalue weighted by atomic mass is 9.71. The predicted molar refractivity (Wildman–Crippen MR) is 102 cm³/mol. The molecule has 0 aromatic carbocycles. The second-order valence-corrected chi connectivity index (χ2v) is 7.61. The Balaban J connectivity index is 1.46. The van der Waals surface area contributed by atoms with Gasteiger partial charge in [0.1, 0.15) is 11.5 Å². The van der Waals surface area contributed by atoms with Gasteiger partial charge in [0.2, 0.25) is 5.91 Å². The Labute approximate surface area is 159 Å². The molecule has 3 heterocycles. The molecule has 6 heteroatoms. The van der Waals surface area contributed by atoms with Crippen LogP contribution in [0.15, 0.2) is 42.6 Å². The number of hydrogen-bond donors (Lipinski definition) is 1. The van der Waals surface area contributed by atoms with Crippen molar-refractivity contribution in [1.82, 2.24) is 15.3 Å². The highest BCUT2D eigenvalue weighted by Gasteiger charge is 2.49. The van der Waals surface area contributed by atoms with E-state index in [1.807, 2.05) is 37.3 Å². The zero-order chi connectivity index (χ0) is 18.9. The number of amides is 2. The normalized spacial score (nSPS) is 25.0. The maximum absolute atomic E-state index is 13.2. The Morgan fingerprint density at radius 1 is 1.22 bits per heavy atom. The van der Waals surface area contributed by atoms with Crippen molar-refractivity contribution in [2.75, 3.05) is 11.4 Å². The van der Waals surface area contributed by atoms with Gasteiger partial charge in [0.15, 0.2) is 0 Å². The van der Waals surface area contributed by atoms with Crippen LogP contribution in [0.2, 0.25) is 0 Å². The van der Waals surface area contributed by atoms with E-state index in [1.165, 1.54) is 0 Å². The summed E-state index contributed by atoms with van der Waals surface area (Å²) < 4.78 is 0. The third kappa shape index (κ3) is 3.44. The van der Waals surface area contributed by atoms with Crippen molar-refractivity contribution in [3.8, 4) is 0 Å². The van der Waals surface area contributed by atoms with Crippen molar-refractivity contribution in [2.45, 2.75) is 45.1 Å². The van der Waals surface area contributed by atoms with Crippen LogP contribution >= 0.6 is 0 Å². The number of carbonyl (C=O) groups is 2. The highest BCUT2D eigenvalue weighted by Crippen LogP contribution is 2.45. The number of aromatic nitrogens is 2. The van der Waals surface area contributed by atoms with Crippen molar-refractivity contribution in [1.29, 1.82) is 0 Å². The summed E-state index contributed by atoms with van der Waals surface area (Å²) in [6, 6.07) is 11.1. The molecule has 1 N–H and O–H groups in total. The fraction of sp³-hybridized carbons (Fsp3) is 0.429. The van der Waals surface area contributed by atoms with Crippen molar-refractivity contribution in [2.24, 2.45) is 5.41 Å². The van der Waals surface area contributed by atoms with Crippen LogP contribution in [0.1, 0.15) is 48.3 Å². The maximum Gasteiger partial charge on any atom is 0.270 e. The number of anilines is 1. The number of rotatable bonds is 3. The molecule has 2 aromatic rings. The molecule has 1 aliphatic heterocycles. The van der Waals surface area contributed by atoms with Crippen molar-refractivity contribution in [3.05, 3.63) is 54.0 Å². The lowest BCUT2D eigenvalue weighted by molar-refractivity contribution is -0.127. The first-order valence-corrected chi connectivity index (χ1v) is 9.55. The van der Waals surface area contributed by atoms with E-state index in [2.05, 4.69) is 15.3 Å². The molecule has 1 spiro atoms. The Bertz CT molecular complexity index is 854. The average Bonchev–Trinajstić information content (AvgIpc) is 2.98. The summed E-state index contributed by atoms with van der Waals surface area (Å²) in [5, 5.41) is 3.10. The third-order valence-corrected chi connectivity index (χ3v) is 5.74. The van der Waals surface area contributed by atoms with Crippen LogP contribution in [0.4, 0.5) is 5.82 Å². The molecule has 4 rings (SSSR count). The number of hydrogen-bond acceptors (Lipinski definition) is 4. The summed E-state index contributed by atoms with van der Waals surface area (Å²) >= 11 is 0. The van der Waals surface area contributed by atoms with E-state index in [1.54, 1.807) is 17.2 Å². The van der Waals surface area contributed by atoms with Gasteiger partial charge in [0.05, 0.1) is 5.41 Å². The van der Waals surface area contributed by atoms with Gasteiger partial charge in [-0.25, -0.2) is 9.97 Å². The van der Waals surface area contributed by atoms with Crippen LogP contribution in [0, 0.1) is 12.3 Å². The lowest BCUT2D eigenvalue weighted by Crippen LogP contribution is -2.46. The van der Waals surface area contributed by atoms with Crippen LogP contribution in [-0.4, -0.2) is 34.4 Å². The van der Waals surface area contributed by atoms with Gasteiger partial charge in [0, 0.05) is 24.5 Å². The summed E-state index contributed by atoms with van der Waals surface area (Å²) in [5.74, 6) is 0.705. The SMILES string of the molecule is Cc1cccc(C(=O)NC2CCCC3(CCN(c4ccccn4)C3=O)C2)n1. The first kappa shape index (κ1) is 17.6. The Morgan fingerprint density at radius 2 is 2.11 bits per heavy atom. The number of carbonyl (C=O) groups excluding carboxylic acids is 2. The molecule has 2 atom stereocenters. The van der Waals surface area contributed by atoms with Crippen LogP contribution < -0.4 is 10.2 Å². The summed E-state index contributed by atoms with van der Waals surface area (Å²) in [7, 11) is 0. The Hall–Kier alpha value is -2.76. The summed E-state index contributed by atoms with van der Waals surface area (Å²) in [4.78, 5) is 36.2. The van der Waals surface area contributed by atoms with Crippen LogP contribution in [0.3, 0.4) is 0 Å². The van der Waals surface area contributed by atoms with Crippen LogP contribution in [0.25, 0.3) is 0 Å². The molecule has 2 amide bonds. The van der Waals surface area contributed by atoms with E-state index in [0.717, 1.165) is 37.2 Å². The van der Waals surface area contributed by atoms with E-state index >= 15 is 0 Å². The first-order valence-electron chi connectivity index (χ1n) is 9.55. The van der Waals surface area contributed by atoms with Gasteiger partial charge in [-0.05, 0) is 56.9 Å². The molecule has 1 aliphatic carbocycles. The molecule has 2 aromatic heterocycles. The van der Waals surface area contributed by atoms with E-state index in [9.17, 15) is 9.59 Å². The molecule has 2 aliphatic rings. The quantitative estimate of drug-likeness (QED) is 0.909. The minimum Gasteiger partial charge on any atom is -0.348 e. The molecule has 140 valence electrons. The van der Waals surface area contributed by atoms with Gasteiger partial charge < -0.3 is 5.32 Å². The van der Waals surface area contributed by atoms with Crippen molar-refractivity contribution < 1.29 is 9.59 Å². The standard InChI is InChI=1S/C21H24N4O2/c1-15-6-4-8-17(23-15)19(26)24-16-7-5-10-21(14-16)11-13-25(20(21)27)18-9-2-3-12-22-18/h2-4,6,8-9,12,16H,5,7,10-11,13-14H2,1H3,(H,24,26). The summed E-state index contributed by atoms with van der Waals surface area (Å²) in [5.41, 5.74) is 0.871. The fourth-order valence-corrected chi connectivity index (χ4v) is 4.39. The van der Waals surface area contributed by atoms with Gasteiger partial charge in [-0.2, -0.15) is 0 Å². The van der Waals surface area contributed by atoms with Gasteiger partial charge in [0.25, 0.3) is 5.91 Å². The zero-order valence-corrected chi connectivity index (χ0v) is 15.5. The predicted octanol–water partition coefficient (Wildman–Crippen LogP) is 2.88. The number of aryl methyl sites for hydroxylation is 1. The molecular formula is C21H24N4O2. The third-order valence-electron chi connectivity index (χ3n) is 5.74. The Kier molecular flexibility index (Phi) is 4.64. The van der Waals surface area contributed by atoms with Gasteiger partial charge in [-0.3, -0.25) is 14.5 Å². The lowest BCUT2D eigenvalue weighted by Gasteiger charge is -2.36. The molecule has 1 saturated carbocycles. The largest absolute Gasteiger partial charge is 0.348 e. The average molecular weight is 364 g/mol. The molecule has 27 heavy (non-hydrogen) atoms. The highest BCUT2D eigenvalue weighted by molar-refractivity contribution is 5.99. The monoisotopic (exact) mass is 364 g/mol. The fourth-order valence-electron chi connectivity index (χ4n) is 4.39. The van der Waals surface area contributed by atoms with Crippen LogP contribution in [-0.2, 0) is 4.79 Å². The van der Waals surface area contributed by atoms with Crippen molar-refractivity contribution in [3.63, 3.8) is 0 Å². The van der Waals surface area contributed by atoms with E-state index < -0.39 is 0 Å². The van der Waals surface area contributed by atoms with E-state index in [4.69, 9.17) is 0 Å². The summed E-state index contributed by atoms with van der Waals surface area (Å²) in [6.45, 7) is 2.56. The van der Waals surface area contributed by atoms with Gasteiger partial charge in [-0.1, -0.05) is 18.6 Å². The van der Waals surface area contributed by atoms with Crippen molar-refractivity contribution >= 4 is 17.6 Å². The van der Waals surface area contributed by atoms with E-state index in [-0.39, 0.29) is 23.3 Å². The Morgan fingerprint density at radius 3 is 2.89 bits per heavy atom. The topological polar surface area (TPSA) is 75.2 Å². The number of nitrogens with one attached hydrogen (secondary N) is 1. The molecule has 6 nitrogen and oxygen atoms in total. The number of pyridine rings is 2. The number of nitrogens with zero attached hydrogens (tertiary/aromatic N) is 3. The molecular weight excluding hydrogens is 340 g/mol. The second-order valence-electron chi connectivity index (χ2n) is 7.61. The minimum atomic E-state index is -0.381. The molecule has 1 saturated heterocycles. The summed E-state index contributed by atoms with van der Waals surface area (Å²) in [6.07, 6.45) is 5.94. The maximum atomic E-state index is 13.2. The minimum absolute atomic E-state index is 0.00111. The van der Waals surface area contributed by atoms with Gasteiger partial charge in [-0.15, -0.1) is 0 Å².